The van der Waals surface area contributed by atoms with Crippen molar-refractivity contribution in [1.82, 2.24) is 0 Å². The van der Waals surface area contributed by atoms with Crippen molar-refractivity contribution in [3.05, 3.63) is 106 Å². The number of nitrogens with zero attached hydrogens (tertiary/aromatic N) is 6. The molecule has 4 aromatic carbocycles. The van der Waals surface area contributed by atoms with Gasteiger partial charge in [-0.3, -0.25) is 10.4 Å². The number of hydrogen-bond donors (Lipinski definition) is 4. The molecule has 0 fully saturated rings. The summed E-state index contributed by atoms with van der Waals surface area (Å²) < 4.78 is 37.4. The fourth-order valence-corrected chi connectivity index (χ4v) is 5.15. The van der Waals surface area contributed by atoms with Crippen molar-refractivity contribution in [3.63, 3.8) is 0 Å². The second kappa shape index (κ2) is 44.9. The number of methoxy groups -OCH3 is 2. The number of nitroso groups, excluding NO2 is 1. The topological polar surface area (TPSA) is 125 Å². The van der Waals surface area contributed by atoms with Gasteiger partial charge in [0, 0.05) is 34.7 Å². The lowest BCUT2D eigenvalue weighted by molar-refractivity contribution is 0.411. The Morgan fingerprint density at radius 1 is 0.671 bits per heavy atom. The van der Waals surface area contributed by atoms with E-state index in [0.29, 0.717) is 45.9 Å². The van der Waals surface area contributed by atoms with Crippen molar-refractivity contribution in [1.29, 1.82) is 0 Å². The van der Waals surface area contributed by atoms with Gasteiger partial charge in [0.25, 0.3) is 0 Å². The number of aryl methyl sites for hydroxylation is 3. The van der Waals surface area contributed by atoms with Crippen LogP contribution in [0.4, 0.5) is 37.2 Å². The molecule has 0 aliphatic rings. The van der Waals surface area contributed by atoms with Crippen LogP contribution in [0.25, 0.3) is 0 Å². The smallest absolute Gasteiger partial charge is 0.136 e. The fraction of sp³-hybridized carbons (Fsp3) is 0.491. The van der Waals surface area contributed by atoms with Gasteiger partial charge in [0.05, 0.1) is 43.5 Å². The summed E-state index contributed by atoms with van der Waals surface area (Å²) in [7, 11) is 5.11. The monoisotopic (exact) mass is 1010 g/mol. The van der Waals surface area contributed by atoms with E-state index in [1.807, 2.05) is 86.5 Å². The minimum atomic E-state index is -0.415. The maximum absolute atomic E-state index is 13.4. The standard InChI is InChI=1S/C22H26FN5OS.C16H19FN2OS.C3H7NO.4C3H8.C2H6/c1-7-14(3)24-15(4)25-16(5)26-19-10-13(2)21(29-6)12-20(19)28-27-17-8-9-18(23)22(30)11-17;1-10-7-11(2)15(20-4)9-14(10)18-19(3)12-5-6-13(17)16(21)8-12;1-2-3-4-5;4*1-3-2;1-2/h8-12,26,30H,5,7H2,1-4,6H3;5-9,18,21H,1-4H3;2-3H2,1H3;4*3H2,1-2H3;1-2H3/b24-14?,25-15-,28-27?;;;;;;;. The van der Waals surface area contributed by atoms with Crippen molar-refractivity contribution in [2.75, 3.05) is 43.6 Å². The Kier molecular flexibility index (Phi) is 45.7. The molecule has 4 aromatic rings. The second-order valence-corrected chi connectivity index (χ2v) is 16.2. The van der Waals surface area contributed by atoms with Crippen LogP contribution in [-0.4, -0.2) is 39.4 Å². The van der Waals surface area contributed by atoms with Crippen LogP contribution in [0.1, 0.15) is 152 Å². The Morgan fingerprint density at radius 2 is 1.16 bits per heavy atom. The van der Waals surface area contributed by atoms with E-state index >= 15 is 0 Å². The Bertz CT molecular complexity index is 2120. The molecule has 0 bridgehead atoms. The van der Waals surface area contributed by atoms with E-state index in [1.54, 1.807) is 32.4 Å². The number of amidine groups is 1. The molecule has 0 aliphatic carbocycles. The predicted octanol–water partition coefficient (Wildman–Crippen LogP) is 19.1. The minimum Gasteiger partial charge on any atom is -0.496 e. The van der Waals surface area contributed by atoms with Gasteiger partial charge in [0.2, 0.25) is 0 Å². The summed E-state index contributed by atoms with van der Waals surface area (Å²) in [6.07, 6.45) is 6.72. The highest BCUT2D eigenvalue weighted by molar-refractivity contribution is 7.80. The van der Waals surface area contributed by atoms with E-state index in [2.05, 4.69) is 129 Å². The normalized spacial score (nSPS) is 10.1. The number of halogens is 2. The zero-order chi connectivity index (χ0) is 54.8. The average Bonchev–Trinajstić information content (AvgIpc) is 3.31. The number of hydrogen-bond acceptors (Lipinski definition) is 12. The van der Waals surface area contributed by atoms with Gasteiger partial charge in [-0.15, -0.1) is 30.4 Å². The molecule has 0 heterocycles. The molecule has 0 saturated carbocycles. The molecule has 11 nitrogen and oxygen atoms in total. The minimum absolute atomic E-state index is 0.201. The quantitative estimate of drug-likeness (QED) is 0.0264. The second-order valence-electron chi connectivity index (χ2n) is 15.2. The van der Waals surface area contributed by atoms with Gasteiger partial charge in [-0.25, -0.2) is 18.8 Å². The number of hydrazine groups is 1. The molecular formula is C55H90F2N8O3S2. The van der Waals surface area contributed by atoms with E-state index in [4.69, 9.17) is 14.4 Å². The molecule has 0 amide bonds. The van der Waals surface area contributed by atoms with Gasteiger partial charge in [-0.2, -0.15) is 10.0 Å². The average molecular weight is 1010 g/mol. The Balaban J connectivity index is -0.000000468. The van der Waals surface area contributed by atoms with Crippen molar-refractivity contribution >= 4 is 65.2 Å². The molecule has 2 N–H and O–H groups in total. The highest BCUT2D eigenvalue weighted by Gasteiger charge is 2.11. The van der Waals surface area contributed by atoms with Crippen molar-refractivity contribution in [2.24, 2.45) is 25.4 Å². The van der Waals surface area contributed by atoms with Gasteiger partial charge in [0.15, 0.2) is 0 Å². The largest absolute Gasteiger partial charge is 0.496 e. The maximum Gasteiger partial charge on any atom is 0.136 e. The summed E-state index contributed by atoms with van der Waals surface area (Å²) in [5.41, 5.74) is 10.8. The number of benzene rings is 4. The summed E-state index contributed by atoms with van der Waals surface area (Å²) >= 11 is 8.18. The van der Waals surface area contributed by atoms with Crippen LogP contribution < -0.4 is 25.2 Å². The molecule has 4 rings (SSSR count). The summed E-state index contributed by atoms with van der Waals surface area (Å²) in [6, 6.07) is 16.7. The van der Waals surface area contributed by atoms with E-state index in [-0.39, 0.29) is 10.7 Å². The molecule has 0 atom stereocenters. The lowest BCUT2D eigenvalue weighted by Gasteiger charge is -2.24. The first kappa shape index (κ1) is 71.3. The van der Waals surface area contributed by atoms with E-state index in [0.717, 1.165) is 52.4 Å². The zero-order valence-electron chi connectivity index (χ0n) is 46.5. The van der Waals surface area contributed by atoms with Crippen molar-refractivity contribution in [2.45, 2.75) is 166 Å². The van der Waals surface area contributed by atoms with Crippen molar-refractivity contribution < 1.29 is 18.3 Å². The van der Waals surface area contributed by atoms with Crippen LogP contribution >= 0.6 is 25.3 Å². The molecule has 394 valence electrons. The number of rotatable bonds is 13. The predicted molar refractivity (Wildman–Crippen MR) is 309 cm³/mol. The van der Waals surface area contributed by atoms with Crippen LogP contribution in [0, 0.1) is 37.3 Å². The first-order valence-electron chi connectivity index (χ1n) is 24.3. The van der Waals surface area contributed by atoms with Gasteiger partial charge in [0.1, 0.15) is 40.5 Å². The molecule has 0 aromatic heterocycles. The number of azo groups is 1. The third kappa shape index (κ3) is 32.5. The van der Waals surface area contributed by atoms with Gasteiger partial charge in [-0.1, -0.05) is 127 Å². The highest BCUT2D eigenvalue weighted by Crippen LogP contribution is 2.35. The van der Waals surface area contributed by atoms with E-state index < -0.39 is 5.82 Å². The number of nitrogens with one attached hydrogen (secondary N) is 2. The van der Waals surface area contributed by atoms with Crippen LogP contribution in [0.15, 0.2) is 108 Å². The van der Waals surface area contributed by atoms with E-state index in [9.17, 15) is 8.78 Å². The lowest BCUT2D eigenvalue weighted by atomic mass is 10.1. The maximum atomic E-state index is 13.4. The van der Waals surface area contributed by atoms with Gasteiger partial charge >= 0.3 is 0 Å². The molecule has 0 saturated heterocycles. The number of anilines is 3. The first-order chi connectivity index (χ1) is 33.2. The number of thiol groups is 2. The molecule has 0 unspecified atom stereocenters. The van der Waals surface area contributed by atoms with Crippen molar-refractivity contribution in [3.8, 4) is 11.5 Å². The molecular weight excluding hydrogens is 923 g/mol. The highest BCUT2D eigenvalue weighted by atomic mass is 32.1. The molecule has 0 radical (unpaired) electrons. The summed E-state index contributed by atoms with van der Waals surface area (Å²) in [5.74, 6) is 1.77. The van der Waals surface area contributed by atoms with Crippen LogP contribution in [-0.2, 0) is 0 Å². The lowest BCUT2D eigenvalue weighted by Crippen LogP contribution is -2.25. The van der Waals surface area contributed by atoms with Gasteiger partial charge in [-0.05, 0) is 107 Å². The van der Waals surface area contributed by atoms with Crippen LogP contribution in [0.5, 0.6) is 11.5 Å². The fourth-order valence-electron chi connectivity index (χ4n) is 4.73. The summed E-state index contributed by atoms with van der Waals surface area (Å²) in [5, 5.41) is 16.1. The number of ether oxygens (including phenoxy) is 2. The Hall–Kier alpha value is -5.28. The molecule has 0 spiro atoms. The van der Waals surface area contributed by atoms with Crippen LogP contribution in [0.3, 0.4) is 0 Å². The van der Waals surface area contributed by atoms with Crippen LogP contribution in [0.2, 0.25) is 0 Å². The Morgan fingerprint density at radius 3 is 1.60 bits per heavy atom. The SMILES string of the molecule is C=C(/N=C(/C)N=C(C)CC)Nc1cc(C)c(OC)cc1N=Nc1ccc(F)c(S)c1.CC.CCC.CCC.CCC.CCC.CCCN=O.COc1cc(NN(C)c2ccc(F)c(S)c2)c(C)cc1C. The summed E-state index contributed by atoms with van der Waals surface area (Å²) in [6.45, 7) is 39.1. The Labute approximate surface area is 434 Å². The molecule has 70 heavy (non-hydrogen) atoms. The van der Waals surface area contributed by atoms with Gasteiger partial charge < -0.3 is 14.8 Å². The zero-order valence-corrected chi connectivity index (χ0v) is 48.3. The third-order valence-electron chi connectivity index (χ3n) is 7.82. The molecule has 15 heteroatoms. The number of aliphatic imine (C=N–C) groups is 2. The third-order valence-corrected chi connectivity index (χ3v) is 8.50. The summed E-state index contributed by atoms with van der Waals surface area (Å²) in [4.78, 5) is 18.5. The first-order valence-corrected chi connectivity index (χ1v) is 25.2. The molecule has 0 aliphatic heterocycles. The van der Waals surface area contributed by atoms with E-state index in [1.165, 1.54) is 49.9 Å².